The van der Waals surface area contributed by atoms with Crippen LogP contribution in [0, 0.1) is 10.1 Å². The van der Waals surface area contributed by atoms with Crippen LogP contribution in [0.1, 0.15) is 43.0 Å². The molecule has 0 aliphatic heterocycles. The maximum Gasteiger partial charge on any atom is 0.271 e. The minimum atomic E-state index is -0.611. The molecule has 0 fully saturated rings. The molecule has 5 nitrogen and oxygen atoms in total. The number of carbonyl (C=O) groups excluding carboxylic acids is 1. The number of nitro groups is 1. The molecule has 0 aliphatic carbocycles. The van der Waals surface area contributed by atoms with E-state index >= 15 is 0 Å². The molecular weight excluding hydrogens is 303 g/mol. The van der Waals surface area contributed by atoms with Gasteiger partial charge in [0, 0.05) is 18.7 Å². The zero-order chi connectivity index (χ0) is 15.1. The van der Waals surface area contributed by atoms with Gasteiger partial charge in [-0.1, -0.05) is 49.4 Å². The van der Waals surface area contributed by atoms with Gasteiger partial charge in [-0.3, -0.25) is 14.9 Å². The number of benzene rings is 1. The first-order valence-electron chi connectivity index (χ1n) is 6.39. The van der Waals surface area contributed by atoms with E-state index in [1.54, 1.807) is 0 Å². The number of nitrogens with zero attached hydrogens (tertiary/aromatic N) is 1. The van der Waals surface area contributed by atoms with Gasteiger partial charge in [0.15, 0.2) is 0 Å². The Morgan fingerprint density at radius 1 is 1.30 bits per heavy atom. The van der Waals surface area contributed by atoms with E-state index in [4.69, 9.17) is 23.2 Å². The number of amides is 1. The van der Waals surface area contributed by atoms with Crippen LogP contribution in [0.15, 0.2) is 12.1 Å². The van der Waals surface area contributed by atoms with E-state index in [-0.39, 0.29) is 21.3 Å². The maximum absolute atomic E-state index is 11.9. The summed E-state index contributed by atoms with van der Waals surface area (Å²) < 4.78 is 0. The number of nitro benzene ring substituents is 1. The average Bonchev–Trinajstić information content (AvgIpc) is 2.41. The highest BCUT2D eigenvalue weighted by molar-refractivity contribution is 6.44. The van der Waals surface area contributed by atoms with Gasteiger partial charge in [0.2, 0.25) is 0 Å². The topological polar surface area (TPSA) is 72.2 Å². The highest BCUT2D eigenvalue weighted by Gasteiger charge is 2.19. The molecule has 0 saturated heterocycles. The number of unbranched alkanes of at least 4 members (excludes halogenated alkanes) is 3. The Bertz CT molecular complexity index is 507. The number of hydrogen-bond donors (Lipinski definition) is 1. The summed E-state index contributed by atoms with van der Waals surface area (Å²) in [5.74, 6) is -0.447. The van der Waals surface area contributed by atoms with Gasteiger partial charge in [0.05, 0.1) is 20.5 Å². The van der Waals surface area contributed by atoms with E-state index in [1.807, 2.05) is 0 Å². The molecule has 0 bridgehead atoms. The molecule has 0 aliphatic rings. The standard InChI is InChI=1S/C13H16Cl2N2O3/c1-2-3-4-5-6-16-13(18)10-7-9(17(19)20)8-11(14)12(10)15/h7-8H,2-6H2,1H3,(H,16,18). The molecule has 0 radical (unpaired) electrons. The van der Waals surface area contributed by atoms with Crippen LogP contribution in [-0.4, -0.2) is 17.4 Å². The first-order valence-corrected chi connectivity index (χ1v) is 7.14. The molecule has 1 aromatic carbocycles. The minimum Gasteiger partial charge on any atom is -0.352 e. The van der Waals surface area contributed by atoms with Crippen molar-refractivity contribution in [3.05, 3.63) is 37.9 Å². The quantitative estimate of drug-likeness (QED) is 0.465. The summed E-state index contributed by atoms with van der Waals surface area (Å²) in [4.78, 5) is 22.1. The second-order valence-corrected chi connectivity index (χ2v) is 5.15. The lowest BCUT2D eigenvalue weighted by molar-refractivity contribution is -0.384. The number of non-ortho nitro benzene ring substituents is 1. The molecule has 0 spiro atoms. The molecule has 1 rings (SSSR count). The fraction of sp³-hybridized carbons (Fsp3) is 0.462. The van der Waals surface area contributed by atoms with Crippen LogP contribution in [0.4, 0.5) is 5.69 Å². The number of nitrogens with one attached hydrogen (secondary N) is 1. The average molecular weight is 319 g/mol. The Morgan fingerprint density at radius 3 is 2.60 bits per heavy atom. The van der Waals surface area contributed by atoms with Crippen molar-refractivity contribution in [2.75, 3.05) is 6.54 Å². The molecule has 7 heteroatoms. The number of hydrogen-bond acceptors (Lipinski definition) is 3. The maximum atomic E-state index is 11.9. The van der Waals surface area contributed by atoms with Crippen LogP contribution in [-0.2, 0) is 0 Å². The minimum absolute atomic E-state index is 0.00278. The predicted octanol–water partition coefficient (Wildman–Crippen LogP) is 4.21. The molecule has 1 N–H and O–H groups in total. The predicted molar refractivity (Wildman–Crippen MR) is 79.6 cm³/mol. The molecule has 1 amide bonds. The van der Waals surface area contributed by atoms with Gasteiger partial charge in [0.1, 0.15) is 0 Å². The third-order valence-corrected chi connectivity index (χ3v) is 3.59. The van der Waals surface area contributed by atoms with Crippen molar-refractivity contribution < 1.29 is 9.72 Å². The summed E-state index contributed by atoms with van der Waals surface area (Å²) in [6.07, 6.45) is 4.11. The van der Waals surface area contributed by atoms with Crippen LogP contribution >= 0.6 is 23.2 Å². The lowest BCUT2D eigenvalue weighted by Crippen LogP contribution is -2.24. The second kappa shape index (κ2) is 8.07. The van der Waals surface area contributed by atoms with Crippen molar-refractivity contribution in [2.24, 2.45) is 0 Å². The van der Waals surface area contributed by atoms with Crippen molar-refractivity contribution in [1.29, 1.82) is 0 Å². The van der Waals surface area contributed by atoms with Crippen LogP contribution in [0.25, 0.3) is 0 Å². The number of carbonyl (C=O) groups is 1. The summed E-state index contributed by atoms with van der Waals surface area (Å²) >= 11 is 11.7. The monoisotopic (exact) mass is 318 g/mol. The van der Waals surface area contributed by atoms with Crippen molar-refractivity contribution >= 4 is 34.8 Å². The molecule has 0 saturated carbocycles. The normalized spacial score (nSPS) is 10.3. The van der Waals surface area contributed by atoms with Crippen molar-refractivity contribution in [3.63, 3.8) is 0 Å². The highest BCUT2D eigenvalue weighted by atomic mass is 35.5. The highest BCUT2D eigenvalue weighted by Crippen LogP contribution is 2.30. The van der Waals surface area contributed by atoms with Gasteiger partial charge in [0.25, 0.3) is 11.6 Å². The lowest BCUT2D eigenvalue weighted by atomic mass is 10.1. The second-order valence-electron chi connectivity index (χ2n) is 4.36. The molecule has 0 atom stereocenters. The molecule has 1 aromatic rings. The summed E-state index contributed by atoms with van der Waals surface area (Å²) in [5, 5.41) is 13.5. The Labute approximate surface area is 127 Å². The molecule has 110 valence electrons. The van der Waals surface area contributed by atoms with Gasteiger partial charge in [-0.25, -0.2) is 0 Å². The zero-order valence-electron chi connectivity index (χ0n) is 11.1. The SMILES string of the molecule is CCCCCCNC(=O)c1cc([N+](=O)[O-])cc(Cl)c1Cl. The first kappa shape index (κ1) is 16.7. The van der Waals surface area contributed by atoms with E-state index in [1.165, 1.54) is 0 Å². The Kier molecular flexibility index (Phi) is 6.75. The van der Waals surface area contributed by atoms with E-state index in [9.17, 15) is 14.9 Å². The van der Waals surface area contributed by atoms with Gasteiger partial charge >= 0.3 is 0 Å². The third kappa shape index (κ3) is 4.65. The molecule has 20 heavy (non-hydrogen) atoms. The number of halogens is 2. The first-order chi connectivity index (χ1) is 9.47. The van der Waals surface area contributed by atoms with Crippen molar-refractivity contribution in [3.8, 4) is 0 Å². The Morgan fingerprint density at radius 2 is 2.00 bits per heavy atom. The van der Waals surface area contributed by atoms with Gasteiger partial charge in [-0.15, -0.1) is 0 Å². The smallest absolute Gasteiger partial charge is 0.271 e. The Balaban J connectivity index is 2.74. The fourth-order valence-electron chi connectivity index (χ4n) is 1.69. The third-order valence-electron chi connectivity index (χ3n) is 2.78. The van der Waals surface area contributed by atoms with Gasteiger partial charge in [-0.2, -0.15) is 0 Å². The summed E-state index contributed by atoms with van der Waals surface area (Å²) in [7, 11) is 0. The van der Waals surface area contributed by atoms with Crippen molar-refractivity contribution in [2.45, 2.75) is 32.6 Å². The van der Waals surface area contributed by atoms with Crippen LogP contribution in [0.5, 0.6) is 0 Å². The van der Waals surface area contributed by atoms with E-state index < -0.39 is 10.8 Å². The van der Waals surface area contributed by atoms with E-state index in [0.717, 1.165) is 37.8 Å². The lowest BCUT2D eigenvalue weighted by Gasteiger charge is -2.07. The van der Waals surface area contributed by atoms with E-state index in [0.29, 0.717) is 6.54 Å². The summed E-state index contributed by atoms with van der Waals surface area (Å²) in [6.45, 7) is 2.61. The summed E-state index contributed by atoms with van der Waals surface area (Å²) in [6, 6.07) is 2.26. The molecule has 0 unspecified atom stereocenters. The van der Waals surface area contributed by atoms with Crippen LogP contribution in [0.2, 0.25) is 10.0 Å². The number of rotatable bonds is 7. The summed E-state index contributed by atoms with van der Waals surface area (Å²) in [5.41, 5.74) is -0.225. The largest absolute Gasteiger partial charge is 0.352 e. The molecular formula is C13H16Cl2N2O3. The van der Waals surface area contributed by atoms with Gasteiger partial charge in [-0.05, 0) is 6.42 Å². The Hall–Kier alpha value is -1.33. The van der Waals surface area contributed by atoms with Crippen LogP contribution in [0.3, 0.4) is 0 Å². The fourth-order valence-corrected chi connectivity index (χ4v) is 2.10. The van der Waals surface area contributed by atoms with E-state index in [2.05, 4.69) is 12.2 Å². The van der Waals surface area contributed by atoms with Gasteiger partial charge < -0.3 is 5.32 Å². The van der Waals surface area contributed by atoms with Crippen molar-refractivity contribution in [1.82, 2.24) is 5.32 Å². The zero-order valence-corrected chi connectivity index (χ0v) is 12.6. The molecule has 0 aromatic heterocycles. The molecule has 0 heterocycles. The van der Waals surface area contributed by atoms with Crippen LogP contribution < -0.4 is 5.32 Å².